The highest BCUT2D eigenvalue weighted by molar-refractivity contribution is 9.10. The van der Waals surface area contributed by atoms with Crippen molar-refractivity contribution in [1.82, 2.24) is 9.55 Å². The minimum Gasteiger partial charge on any atom is -0.338 e. The van der Waals surface area contributed by atoms with Gasteiger partial charge in [0.25, 0.3) is 0 Å². The van der Waals surface area contributed by atoms with Crippen LogP contribution in [-0.2, 0) is 13.5 Å². The summed E-state index contributed by atoms with van der Waals surface area (Å²) >= 11 is 9.33. The fraction of sp³-hybridized carbons (Fsp3) is 0.167. The molecule has 0 saturated carbocycles. The molecule has 0 N–H and O–H groups in total. The number of imidazole rings is 1. The number of aromatic nitrogens is 2. The third-order valence-corrected chi connectivity index (χ3v) is 3.29. The van der Waals surface area contributed by atoms with Gasteiger partial charge in [-0.25, -0.2) is 4.98 Å². The van der Waals surface area contributed by atoms with E-state index in [1.165, 1.54) is 0 Å². The van der Waals surface area contributed by atoms with Crippen molar-refractivity contribution >= 4 is 33.3 Å². The molecule has 0 atom stereocenters. The molecule has 0 unspecified atom stereocenters. The van der Waals surface area contributed by atoms with Gasteiger partial charge in [-0.2, -0.15) is 0 Å². The molecule has 88 valence electrons. The zero-order valence-electron chi connectivity index (χ0n) is 9.15. The Hall–Kier alpha value is -1.13. The lowest BCUT2D eigenvalue weighted by Crippen LogP contribution is -2.08. The van der Waals surface area contributed by atoms with Gasteiger partial charge in [-0.05, 0) is 18.2 Å². The van der Waals surface area contributed by atoms with Gasteiger partial charge in [-0.3, -0.25) is 4.79 Å². The van der Waals surface area contributed by atoms with Crippen LogP contribution in [0.1, 0.15) is 16.2 Å². The Balaban J connectivity index is 2.26. The highest BCUT2D eigenvalue weighted by Crippen LogP contribution is 2.22. The Kier molecular flexibility index (Phi) is 3.64. The molecule has 0 aliphatic carbocycles. The maximum Gasteiger partial charge on any atom is 0.171 e. The van der Waals surface area contributed by atoms with Crippen molar-refractivity contribution in [3.63, 3.8) is 0 Å². The molecule has 17 heavy (non-hydrogen) atoms. The van der Waals surface area contributed by atoms with Crippen molar-refractivity contribution < 1.29 is 4.79 Å². The summed E-state index contributed by atoms with van der Waals surface area (Å²) in [5, 5.41) is 0.465. The smallest absolute Gasteiger partial charge is 0.171 e. The standard InChI is InChI=1S/C12H10BrClN2O/c1-16-5-4-15-12(16)7-11(17)9-6-8(13)2-3-10(9)14/h2-6H,7H2,1H3. The van der Waals surface area contributed by atoms with Crippen LogP contribution in [0.25, 0.3) is 0 Å². The molecule has 0 saturated heterocycles. The number of aryl methyl sites for hydroxylation is 1. The van der Waals surface area contributed by atoms with Crippen molar-refractivity contribution in [2.45, 2.75) is 6.42 Å². The van der Waals surface area contributed by atoms with E-state index in [-0.39, 0.29) is 12.2 Å². The van der Waals surface area contributed by atoms with E-state index in [0.29, 0.717) is 10.6 Å². The second-order valence-electron chi connectivity index (χ2n) is 3.68. The molecule has 0 aliphatic heterocycles. The molecule has 0 amide bonds. The van der Waals surface area contributed by atoms with Gasteiger partial charge in [0.1, 0.15) is 5.82 Å². The summed E-state index contributed by atoms with van der Waals surface area (Å²) < 4.78 is 2.66. The summed E-state index contributed by atoms with van der Waals surface area (Å²) in [7, 11) is 1.86. The van der Waals surface area contributed by atoms with Crippen LogP contribution in [0, 0.1) is 0 Å². The van der Waals surface area contributed by atoms with Gasteiger partial charge in [0.15, 0.2) is 5.78 Å². The summed E-state index contributed by atoms with van der Waals surface area (Å²) in [4.78, 5) is 16.2. The average Bonchev–Trinajstić information content (AvgIpc) is 2.68. The number of ketones is 1. The first-order chi connectivity index (χ1) is 8.08. The number of benzene rings is 1. The monoisotopic (exact) mass is 312 g/mol. The van der Waals surface area contributed by atoms with E-state index < -0.39 is 0 Å². The van der Waals surface area contributed by atoms with Crippen LogP contribution >= 0.6 is 27.5 Å². The van der Waals surface area contributed by atoms with Crippen LogP contribution < -0.4 is 0 Å². The van der Waals surface area contributed by atoms with E-state index in [4.69, 9.17) is 11.6 Å². The van der Waals surface area contributed by atoms with Crippen LogP contribution in [0.2, 0.25) is 5.02 Å². The van der Waals surface area contributed by atoms with E-state index in [1.54, 1.807) is 24.4 Å². The molecule has 1 aromatic carbocycles. The van der Waals surface area contributed by atoms with E-state index in [1.807, 2.05) is 17.8 Å². The van der Waals surface area contributed by atoms with Gasteiger partial charge in [0.2, 0.25) is 0 Å². The Morgan fingerprint density at radius 3 is 2.94 bits per heavy atom. The number of carbonyl (C=O) groups is 1. The summed E-state index contributed by atoms with van der Waals surface area (Å²) in [5.41, 5.74) is 0.518. The molecular weight excluding hydrogens is 304 g/mol. The Bertz CT molecular complexity index is 565. The van der Waals surface area contributed by atoms with Crippen LogP contribution in [-0.4, -0.2) is 15.3 Å². The highest BCUT2D eigenvalue weighted by Gasteiger charge is 2.13. The minimum atomic E-state index is -0.0365. The second-order valence-corrected chi connectivity index (χ2v) is 5.00. The van der Waals surface area contributed by atoms with Gasteiger partial charge in [0, 0.05) is 29.5 Å². The topological polar surface area (TPSA) is 34.9 Å². The molecule has 1 heterocycles. The van der Waals surface area contributed by atoms with Crippen LogP contribution in [0.3, 0.4) is 0 Å². The number of rotatable bonds is 3. The van der Waals surface area contributed by atoms with Crippen molar-refractivity contribution in [2.75, 3.05) is 0 Å². The van der Waals surface area contributed by atoms with E-state index >= 15 is 0 Å². The summed E-state index contributed by atoms with van der Waals surface area (Å²) in [6.07, 6.45) is 3.73. The molecule has 2 rings (SSSR count). The van der Waals surface area contributed by atoms with Crippen LogP contribution in [0.15, 0.2) is 35.1 Å². The van der Waals surface area contributed by atoms with Gasteiger partial charge in [0.05, 0.1) is 11.4 Å². The van der Waals surface area contributed by atoms with Gasteiger partial charge in [-0.15, -0.1) is 0 Å². The highest BCUT2D eigenvalue weighted by atomic mass is 79.9. The Morgan fingerprint density at radius 2 is 2.29 bits per heavy atom. The number of carbonyl (C=O) groups excluding carboxylic acids is 1. The predicted molar refractivity (Wildman–Crippen MR) is 70.4 cm³/mol. The zero-order valence-corrected chi connectivity index (χ0v) is 11.5. The number of nitrogens with zero attached hydrogens (tertiary/aromatic N) is 2. The van der Waals surface area contributed by atoms with Crippen molar-refractivity contribution in [1.29, 1.82) is 0 Å². The number of Topliss-reactive ketones (excluding diaryl/α,β-unsaturated/α-hetero) is 1. The maximum absolute atomic E-state index is 12.1. The molecule has 0 aliphatic rings. The fourth-order valence-electron chi connectivity index (χ4n) is 1.52. The van der Waals surface area contributed by atoms with Gasteiger partial charge < -0.3 is 4.57 Å². The third kappa shape index (κ3) is 2.76. The number of halogens is 2. The van der Waals surface area contributed by atoms with E-state index in [2.05, 4.69) is 20.9 Å². The van der Waals surface area contributed by atoms with E-state index in [9.17, 15) is 4.79 Å². The SMILES string of the molecule is Cn1ccnc1CC(=O)c1cc(Br)ccc1Cl. The molecule has 0 radical (unpaired) electrons. The normalized spacial score (nSPS) is 10.5. The molecule has 5 heteroatoms. The van der Waals surface area contributed by atoms with Crippen LogP contribution in [0.5, 0.6) is 0 Å². The van der Waals surface area contributed by atoms with E-state index in [0.717, 1.165) is 10.3 Å². The predicted octanol–water partition coefficient (Wildman–Crippen LogP) is 3.26. The number of hydrogen-bond acceptors (Lipinski definition) is 2. The first kappa shape index (κ1) is 12.3. The molecule has 0 spiro atoms. The first-order valence-electron chi connectivity index (χ1n) is 5.02. The Labute approximate surface area is 113 Å². The quantitative estimate of drug-likeness (QED) is 0.815. The van der Waals surface area contributed by atoms with Gasteiger partial charge in [-0.1, -0.05) is 27.5 Å². The molecule has 2 aromatic rings. The van der Waals surface area contributed by atoms with Crippen molar-refractivity contribution in [3.05, 3.63) is 51.5 Å². The first-order valence-corrected chi connectivity index (χ1v) is 6.19. The molecule has 1 aromatic heterocycles. The zero-order chi connectivity index (χ0) is 12.4. The lowest BCUT2D eigenvalue weighted by Gasteiger charge is -2.04. The summed E-state index contributed by atoms with van der Waals surface area (Å²) in [5.74, 6) is 0.691. The fourth-order valence-corrected chi connectivity index (χ4v) is 2.10. The minimum absolute atomic E-state index is 0.0365. The molecule has 3 nitrogen and oxygen atoms in total. The summed E-state index contributed by atoms with van der Waals surface area (Å²) in [6.45, 7) is 0. The lowest BCUT2D eigenvalue weighted by molar-refractivity contribution is 0.0990. The Morgan fingerprint density at radius 1 is 1.53 bits per heavy atom. The summed E-state index contributed by atoms with van der Waals surface area (Å²) in [6, 6.07) is 5.24. The van der Waals surface area contributed by atoms with Crippen LogP contribution in [0.4, 0.5) is 0 Å². The molecule has 0 fully saturated rings. The van der Waals surface area contributed by atoms with Crippen molar-refractivity contribution in [3.8, 4) is 0 Å². The third-order valence-electron chi connectivity index (χ3n) is 2.47. The average molecular weight is 314 g/mol. The molecular formula is C12H10BrClN2O. The second kappa shape index (κ2) is 5.02. The van der Waals surface area contributed by atoms with Gasteiger partial charge >= 0.3 is 0 Å². The van der Waals surface area contributed by atoms with Crippen molar-refractivity contribution in [2.24, 2.45) is 7.05 Å². The largest absolute Gasteiger partial charge is 0.338 e. The maximum atomic E-state index is 12.1. The molecule has 0 bridgehead atoms. The number of hydrogen-bond donors (Lipinski definition) is 0. The lowest BCUT2D eigenvalue weighted by atomic mass is 10.1.